The Bertz CT molecular complexity index is 362. The van der Waals surface area contributed by atoms with Gasteiger partial charge in [-0.15, -0.1) is 17.9 Å². The standard InChI is InChI=1S/C15H24N2OS/c1-2-11-17(13-14-8-7-12-19-14)15(18)9-5-3-4-6-10-16/h2,7-8,12H,1,3-6,9-11,13,16H2. The van der Waals surface area contributed by atoms with Gasteiger partial charge in [0.1, 0.15) is 0 Å². The van der Waals surface area contributed by atoms with E-state index < -0.39 is 0 Å². The molecule has 0 aliphatic heterocycles. The Hall–Kier alpha value is -1.13. The summed E-state index contributed by atoms with van der Waals surface area (Å²) in [5.41, 5.74) is 5.45. The van der Waals surface area contributed by atoms with Crippen LogP contribution in [0.5, 0.6) is 0 Å². The van der Waals surface area contributed by atoms with E-state index >= 15 is 0 Å². The van der Waals surface area contributed by atoms with Crippen molar-refractivity contribution in [2.45, 2.75) is 38.6 Å². The quantitative estimate of drug-likeness (QED) is 0.528. The summed E-state index contributed by atoms with van der Waals surface area (Å²) in [7, 11) is 0. The number of carbonyl (C=O) groups is 1. The number of amides is 1. The molecule has 2 N–H and O–H groups in total. The second-order valence-electron chi connectivity index (χ2n) is 4.60. The fourth-order valence-electron chi connectivity index (χ4n) is 1.93. The van der Waals surface area contributed by atoms with Crippen molar-refractivity contribution in [3.05, 3.63) is 35.0 Å². The molecule has 19 heavy (non-hydrogen) atoms. The number of rotatable bonds is 10. The molecule has 1 aromatic heterocycles. The van der Waals surface area contributed by atoms with Gasteiger partial charge < -0.3 is 10.6 Å². The van der Waals surface area contributed by atoms with Gasteiger partial charge in [0.25, 0.3) is 0 Å². The first-order chi connectivity index (χ1) is 9.27. The first kappa shape index (κ1) is 15.9. The van der Waals surface area contributed by atoms with Crippen LogP contribution in [0.15, 0.2) is 30.2 Å². The molecule has 3 nitrogen and oxygen atoms in total. The number of nitrogens with two attached hydrogens (primary N) is 1. The lowest BCUT2D eigenvalue weighted by molar-refractivity contribution is -0.131. The van der Waals surface area contributed by atoms with E-state index in [1.54, 1.807) is 17.4 Å². The molecule has 0 fully saturated rings. The van der Waals surface area contributed by atoms with Gasteiger partial charge in [0, 0.05) is 17.8 Å². The lowest BCUT2D eigenvalue weighted by Crippen LogP contribution is -2.30. The Kier molecular flexibility index (Phi) is 8.18. The second-order valence-corrected chi connectivity index (χ2v) is 5.63. The Labute approximate surface area is 120 Å². The highest BCUT2D eigenvalue weighted by atomic mass is 32.1. The van der Waals surface area contributed by atoms with Crippen molar-refractivity contribution < 1.29 is 4.79 Å². The molecule has 0 spiro atoms. The summed E-state index contributed by atoms with van der Waals surface area (Å²) < 4.78 is 0. The van der Waals surface area contributed by atoms with Gasteiger partial charge in [-0.3, -0.25) is 4.79 Å². The lowest BCUT2D eigenvalue weighted by Gasteiger charge is -2.20. The van der Waals surface area contributed by atoms with E-state index in [0.717, 1.165) is 32.2 Å². The molecule has 0 unspecified atom stereocenters. The molecule has 0 atom stereocenters. The minimum atomic E-state index is 0.223. The first-order valence-corrected chi connectivity index (χ1v) is 7.77. The van der Waals surface area contributed by atoms with Crippen LogP contribution in [0.4, 0.5) is 0 Å². The van der Waals surface area contributed by atoms with Gasteiger partial charge in [-0.2, -0.15) is 0 Å². The van der Waals surface area contributed by atoms with Crippen molar-refractivity contribution in [2.24, 2.45) is 5.73 Å². The Balaban J connectivity index is 2.33. The molecule has 1 aromatic rings. The molecule has 0 aliphatic carbocycles. The monoisotopic (exact) mass is 280 g/mol. The average Bonchev–Trinajstić information content (AvgIpc) is 2.91. The normalized spacial score (nSPS) is 10.4. The summed E-state index contributed by atoms with van der Waals surface area (Å²) >= 11 is 1.69. The third kappa shape index (κ3) is 6.55. The molecular formula is C15H24N2OS. The summed E-state index contributed by atoms with van der Waals surface area (Å²) in [6.45, 7) is 5.80. The van der Waals surface area contributed by atoms with Gasteiger partial charge in [-0.25, -0.2) is 0 Å². The number of unbranched alkanes of at least 4 members (excludes halogenated alkanes) is 3. The Morgan fingerprint density at radius 3 is 2.79 bits per heavy atom. The van der Waals surface area contributed by atoms with Crippen LogP contribution >= 0.6 is 11.3 Å². The summed E-state index contributed by atoms with van der Waals surface area (Å²) in [6, 6.07) is 4.08. The van der Waals surface area contributed by atoms with E-state index in [0.29, 0.717) is 19.5 Å². The van der Waals surface area contributed by atoms with E-state index in [2.05, 4.69) is 12.6 Å². The third-order valence-electron chi connectivity index (χ3n) is 2.97. The molecular weight excluding hydrogens is 256 g/mol. The van der Waals surface area contributed by atoms with Gasteiger partial charge in [0.05, 0.1) is 6.54 Å². The molecule has 4 heteroatoms. The number of carbonyl (C=O) groups excluding carboxylic acids is 1. The van der Waals surface area contributed by atoms with Crippen LogP contribution in [0.25, 0.3) is 0 Å². The summed E-state index contributed by atoms with van der Waals surface area (Å²) in [6.07, 6.45) is 6.64. The zero-order valence-corrected chi connectivity index (χ0v) is 12.3. The predicted molar refractivity (Wildman–Crippen MR) is 82.1 cm³/mol. The van der Waals surface area contributed by atoms with Crippen LogP contribution in [0, 0.1) is 0 Å². The predicted octanol–water partition coefficient (Wildman–Crippen LogP) is 3.17. The van der Waals surface area contributed by atoms with Gasteiger partial charge >= 0.3 is 0 Å². The van der Waals surface area contributed by atoms with Crippen LogP contribution in [-0.2, 0) is 11.3 Å². The SMILES string of the molecule is C=CCN(Cc1cccs1)C(=O)CCCCCCN. The van der Waals surface area contributed by atoms with Crippen molar-refractivity contribution in [3.63, 3.8) is 0 Å². The zero-order valence-electron chi connectivity index (χ0n) is 11.5. The maximum absolute atomic E-state index is 12.2. The topological polar surface area (TPSA) is 46.3 Å². The first-order valence-electron chi connectivity index (χ1n) is 6.89. The number of thiophene rings is 1. The van der Waals surface area contributed by atoms with Gasteiger partial charge in [-0.05, 0) is 30.8 Å². The summed E-state index contributed by atoms with van der Waals surface area (Å²) in [4.78, 5) is 15.2. The molecule has 106 valence electrons. The highest BCUT2D eigenvalue weighted by Crippen LogP contribution is 2.13. The fraction of sp³-hybridized carbons (Fsp3) is 0.533. The van der Waals surface area contributed by atoms with E-state index in [1.165, 1.54) is 4.88 Å². The fourth-order valence-corrected chi connectivity index (χ4v) is 2.65. The van der Waals surface area contributed by atoms with Gasteiger partial charge in [0.2, 0.25) is 5.91 Å². The minimum absolute atomic E-state index is 0.223. The smallest absolute Gasteiger partial charge is 0.223 e. The largest absolute Gasteiger partial charge is 0.334 e. The molecule has 0 aliphatic rings. The third-order valence-corrected chi connectivity index (χ3v) is 3.83. The van der Waals surface area contributed by atoms with Crippen molar-refractivity contribution in [2.75, 3.05) is 13.1 Å². The van der Waals surface area contributed by atoms with Crippen LogP contribution in [-0.4, -0.2) is 23.9 Å². The highest BCUT2D eigenvalue weighted by molar-refractivity contribution is 7.09. The lowest BCUT2D eigenvalue weighted by atomic mass is 10.1. The van der Waals surface area contributed by atoms with Crippen LogP contribution < -0.4 is 5.73 Å². The zero-order chi connectivity index (χ0) is 13.9. The summed E-state index contributed by atoms with van der Waals surface area (Å²) in [5, 5.41) is 2.04. The Morgan fingerprint density at radius 1 is 1.37 bits per heavy atom. The summed E-state index contributed by atoms with van der Waals surface area (Å²) in [5.74, 6) is 0.223. The van der Waals surface area contributed by atoms with Gasteiger partial charge in [-0.1, -0.05) is 25.0 Å². The maximum Gasteiger partial charge on any atom is 0.223 e. The minimum Gasteiger partial charge on any atom is -0.334 e. The molecule has 0 saturated carbocycles. The second kappa shape index (κ2) is 9.75. The van der Waals surface area contributed by atoms with Crippen molar-refractivity contribution >= 4 is 17.2 Å². The average molecular weight is 280 g/mol. The number of hydrogen-bond acceptors (Lipinski definition) is 3. The maximum atomic E-state index is 12.2. The molecule has 0 radical (unpaired) electrons. The van der Waals surface area contributed by atoms with Crippen molar-refractivity contribution in [3.8, 4) is 0 Å². The van der Waals surface area contributed by atoms with Crippen LogP contribution in [0.3, 0.4) is 0 Å². The van der Waals surface area contributed by atoms with E-state index in [1.807, 2.05) is 16.3 Å². The molecule has 1 amide bonds. The molecule has 0 saturated heterocycles. The molecule has 0 bridgehead atoms. The Morgan fingerprint density at radius 2 is 2.16 bits per heavy atom. The van der Waals surface area contributed by atoms with Crippen molar-refractivity contribution in [1.29, 1.82) is 0 Å². The number of nitrogens with zero attached hydrogens (tertiary/aromatic N) is 1. The van der Waals surface area contributed by atoms with Crippen LogP contribution in [0.2, 0.25) is 0 Å². The van der Waals surface area contributed by atoms with E-state index in [-0.39, 0.29) is 5.91 Å². The highest BCUT2D eigenvalue weighted by Gasteiger charge is 2.12. The molecule has 1 rings (SSSR count). The molecule has 1 heterocycles. The van der Waals surface area contributed by atoms with E-state index in [4.69, 9.17) is 5.73 Å². The molecule has 0 aromatic carbocycles. The van der Waals surface area contributed by atoms with E-state index in [9.17, 15) is 4.79 Å². The van der Waals surface area contributed by atoms with Crippen LogP contribution in [0.1, 0.15) is 37.0 Å². The van der Waals surface area contributed by atoms with Gasteiger partial charge in [0.15, 0.2) is 0 Å². The van der Waals surface area contributed by atoms with Crippen molar-refractivity contribution in [1.82, 2.24) is 4.90 Å². The number of hydrogen-bond donors (Lipinski definition) is 1.